The number of hydrogen-bond acceptors (Lipinski definition) is 4. The average molecular weight is 284 g/mol. The first-order chi connectivity index (χ1) is 7.58. The van der Waals surface area contributed by atoms with Gasteiger partial charge in [0.25, 0.3) is 0 Å². The maximum absolute atomic E-state index is 11.0. The summed E-state index contributed by atoms with van der Waals surface area (Å²) in [6.07, 6.45) is -1.11. The molecular weight excluding hydrogens is 274 g/mol. The van der Waals surface area contributed by atoms with Gasteiger partial charge in [-0.2, -0.15) is 5.26 Å². The Morgan fingerprint density at radius 3 is 2.94 bits per heavy atom. The fourth-order valence-corrected chi connectivity index (χ4v) is 1.73. The fraction of sp³-hybridized carbons (Fsp3) is 0.273. The minimum Gasteiger partial charge on any atom is -0.469 e. The number of aliphatic hydroxyl groups is 1. The van der Waals surface area contributed by atoms with Crippen molar-refractivity contribution in [3.05, 3.63) is 33.8 Å². The van der Waals surface area contributed by atoms with Crippen molar-refractivity contribution in [2.75, 3.05) is 7.11 Å². The number of carbonyl (C=O) groups excluding carboxylic acids is 1. The van der Waals surface area contributed by atoms with Crippen LogP contribution >= 0.6 is 15.9 Å². The van der Waals surface area contributed by atoms with Crippen LogP contribution < -0.4 is 0 Å². The molecule has 0 amide bonds. The Morgan fingerprint density at radius 2 is 2.38 bits per heavy atom. The van der Waals surface area contributed by atoms with E-state index in [0.29, 0.717) is 15.6 Å². The molecule has 0 fully saturated rings. The molecule has 0 heterocycles. The van der Waals surface area contributed by atoms with Gasteiger partial charge in [-0.3, -0.25) is 4.79 Å². The van der Waals surface area contributed by atoms with Crippen molar-refractivity contribution in [3.8, 4) is 6.07 Å². The molecule has 1 N–H and O–H groups in total. The van der Waals surface area contributed by atoms with Crippen LogP contribution in [-0.2, 0) is 9.53 Å². The van der Waals surface area contributed by atoms with Crippen LogP contribution in [-0.4, -0.2) is 18.2 Å². The zero-order chi connectivity index (χ0) is 12.1. The Kier molecular flexibility index (Phi) is 4.47. The molecule has 4 nitrogen and oxygen atoms in total. The molecule has 0 radical (unpaired) electrons. The van der Waals surface area contributed by atoms with Crippen LogP contribution in [0.15, 0.2) is 22.7 Å². The monoisotopic (exact) mass is 283 g/mol. The number of ether oxygens (including phenoxy) is 1. The van der Waals surface area contributed by atoms with Gasteiger partial charge < -0.3 is 9.84 Å². The highest BCUT2D eigenvalue weighted by molar-refractivity contribution is 9.10. The second-order valence-corrected chi connectivity index (χ2v) is 4.00. The number of rotatable bonds is 3. The van der Waals surface area contributed by atoms with Crippen molar-refractivity contribution in [1.82, 2.24) is 0 Å². The Balaban J connectivity index is 2.94. The molecule has 1 aromatic rings. The molecule has 1 rings (SSSR count). The smallest absolute Gasteiger partial charge is 0.308 e. The molecule has 0 saturated carbocycles. The van der Waals surface area contributed by atoms with E-state index in [1.54, 1.807) is 12.1 Å². The third kappa shape index (κ3) is 3.05. The summed E-state index contributed by atoms with van der Waals surface area (Å²) < 4.78 is 5.12. The predicted molar refractivity (Wildman–Crippen MR) is 60.4 cm³/mol. The summed E-state index contributed by atoms with van der Waals surface area (Å²) in [6.45, 7) is 0. The number of methoxy groups -OCH3 is 1. The van der Waals surface area contributed by atoms with Crippen LogP contribution in [0.4, 0.5) is 0 Å². The van der Waals surface area contributed by atoms with E-state index in [9.17, 15) is 9.90 Å². The first kappa shape index (κ1) is 12.7. The first-order valence-corrected chi connectivity index (χ1v) is 5.32. The summed E-state index contributed by atoms with van der Waals surface area (Å²) in [4.78, 5) is 11.0. The molecule has 84 valence electrons. The molecule has 0 aliphatic heterocycles. The van der Waals surface area contributed by atoms with Crippen molar-refractivity contribution in [2.24, 2.45) is 0 Å². The van der Waals surface area contributed by atoms with E-state index >= 15 is 0 Å². The highest BCUT2D eigenvalue weighted by Crippen LogP contribution is 2.26. The van der Waals surface area contributed by atoms with Crippen LogP contribution in [0.3, 0.4) is 0 Å². The fourth-order valence-electron chi connectivity index (χ4n) is 1.22. The minimum absolute atomic E-state index is 0.135. The molecule has 0 saturated heterocycles. The van der Waals surface area contributed by atoms with Crippen molar-refractivity contribution >= 4 is 21.9 Å². The molecule has 5 heteroatoms. The summed E-state index contributed by atoms with van der Waals surface area (Å²) in [5, 5.41) is 18.5. The number of hydrogen-bond donors (Lipinski definition) is 1. The van der Waals surface area contributed by atoms with Gasteiger partial charge in [-0.25, -0.2) is 0 Å². The van der Waals surface area contributed by atoms with Gasteiger partial charge in [0.2, 0.25) is 0 Å². The molecule has 0 aliphatic rings. The SMILES string of the molecule is COC(=O)CC(O)c1cc(C#N)ccc1Br. The summed E-state index contributed by atoms with van der Waals surface area (Å²) >= 11 is 3.25. The van der Waals surface area contributed by atoms with Crippen LogP contribution in [0.5, 0.6) is 0 Å². The quantitative estimate of drug-likeness (QED) is 0.861. The highest BCUT2D eigenvalue weighted by Gasteiger charge is 2.16. The summed E-state index contributed by atoms with van der Waals surface area (Å²) in [7, 11) is 1.26. The molecule has 0 bridgehead atoms. The van der Waals surface area contributed by atoms with Gasteiger partial charge in [0.05, 0.1) is 31.3 Å². The van der Waals surface area contributed by atoms with E-state index in [-0.39, 0.29) is 6.42 Å². The van der Waals surface area contributed by atoms with Crippen molar-refractivity contribution in [2.45, 2.75) is 12.5 Å². The van der Waals surface area contributed by atoms with Gasteiger partial charge in [-0.05, 0) is 23.8 Å². The predicted octanol–water partition coefficient (Wildman–Crippen LogP) is 1.92. The van der Waals surface area contributed by atoms with Crippen molar-refractivity contribution < 1.29 is 14.6 Å². The number of benzene rings is 1. The number of esters is 1. The minimum atomic E-state index is -0.977. The van der Waals surface area contributed by atoms with Crippen LogP contribution in [0.25, 0.3) is 0 Å². The third-order valence-corrected chi connectivity index (χ3v) is 2.79. The van der Waals surface area contributed by atoms with Crippen molar-refractivity contribution in [1.29, 1.82) is 5.26 Å². The van der Waals surface area contributed by atoms with E-state index in [1.807, 2.05) is 6.07 Å². The van der Waals surface area contributed by atoms with Gasteiger partial charge in [0.15, 0.2) is 0 Å². The third-order valence-electron chi connectivity index (χ3n) is 2.07. The normalized spacial score (nSPS) is 11.6. The zero-order valence-electron chi connectivity index (χ0n) is 8.61. The Hall–Kier alpha value is -1.38. The summed E-state index contributed by atoms with van der Waals surface area (Å²) in [5.74, 6) is -0.498. The molecule has 1 aromatic carbocycles. The van der Waals surface area contributed by atoms with Gasteiger partial charge in [-0.15, -0.1) is 0 Å². The van der Waals surface area contributed by atoms with Crippen LogP contribution in [0.2, 0.25) is 0 Å². The van der Waals surface area contributed by atoms with E-state index < -0.39 is 12.1 Å². The number of halogens is 1. The van der Waals surface area contributed by atoms with Crippen molar-refractivity contribution in [3.63, 3.8) is 0 Å². The lowest BCUT2D eigenvalue weighted by Gasteiger charge is -2.11. The van der Waals surface area contributed by atoms with Gasteiger partial charge in [0, 0.05) is 4.47 Å². The second-order valence-electron chi connectivity index (χ2n) is 3.14. The first-order valence-electron chi connectivity index (χ1n) is 4.53. The summed E-state index contributed by atoms with van der Waals surface area (Å²) in [5.41, 5.74) is 0.937. The van der Waals surface area contributed by atoms with Crippen LogP contribution in [0, 0.1) is 11.3 Å². The number of nitriles is 1. The van der Waals surface area contributed by atoms with E-state index in [0.717, 1.165) is 0 Å². The average Bonchev–Trinajstić information content (AvgIpc) is 2.29. The molecule has 0 aliphatic carbocycles. The lowest BCUT2D eigenvalue weighted by molar-refractivity contribution is -0.142. The Bertz CT molecular complexity index is 439. The van der Waals surface area contributed by atoms with Gasteiger partial charge in [0.1, 0.15) is 0 Å². The maximum Gasteiger partial charge on any atom is 0.308 e. The molecule has 1 atom stereocenters. The maximum atomic E-state index is 11.0. The topological polar surface area (TPSA) is 70.3 Å². The number of carbonyl (C=O) groups is 1. The molecule has 0 aromatic heterocycles. The largest absolute Gasteiger partial charge is 0.469 e. The van der Waals surface area contributed by atoms with E-state index in [4.69, 9.17) is 5.26 Å². The zero-order valence-corrected chi connectivity index (χ0v) is 10.2. The molecule has 0 spiro atoms. The summed E-state index contributed by atoms with van der Waals surface area (Å²) in [6, 6.07) is 6.79. The molecule has 16 heavy (non-hydrogen) atoms. The lowest BCUT2D eigenvalue weighted by atomic mass is 10.0. The van der Waals surface area contributed by atoms with E-state index in [2.05, 4.69) is 20.7 Å². The number of nitrogens with zero attached hydrogens (tertiary/aromatic N) is 1. The van der Waals surface area contributed by atoms with Gasteiger partial charge >= 0.3 is 5.97 Å². The van der Waals surface area contributed by atoms with E-state index in [1.165, 1.54) is 13.2 Å². The lowest BCUT2D eigenvalue weighted by Crippen LogP contribution is -2.08. The second kappa shape index (κ2) is 5.64. The molecular formula is C11H10BrNO3. The number of aliphatic hydroxyl groups excluding tert-OH is 1. The Morgan fingerprint density at radius 1 is 1.69 bits per heavy atom. The Labute approximate surface area is 102 Å². The standard InChI is InChI=1S/C11H10BrNO3/c1-16-11(15)5-10(14)8-4-7(6-13)2-3-9(8)12/h2-4,10,14H,5H2,1H3. The molecule has 1 unspecified atom stereocenters. The van der Waals surface area contributed by atoms with Gasteiger partial charge in [-0.1, -0.05) is 15.9 Å². The highest BCUT2D eigenvalue weighted by atomic mass is 79.9. The van der Waals surface area contributed by atoms with Crippen LogP contribution in [0.1, 0.15) is 23.7 Å².